The molecule has 26 heavy (non-hydrogen) atoms. The average Bonchev–Trinajstić information content (AvgIpc) is 2.94. The third-order valence-electron chi connectivity index (χ3n) is 4.13. The zero-order valence-corrected chi connectivity index (χ0v) is 15.9. The topological polar surface area (TPSA) is 71.9 Å². The first-order valence-electron chi connectivity index (χ1n) is 8.54. The molecule has 2 aromatic rings. The van der Waals surface area contributed by atoms with Crippen molar-refractivity contribution < 1.29 is 19.4 Å². The van der Waals surface area contributed by atoms with Gasteiger partial charge in [0.15, 0.2) is 10.9 Å². The quantitative estimate of drug-likeness (QED) is 0.825. The van der Waals surface area contributed by atoms with Gasteiger partial charge in [-0.25, -0.2) is 9.78 Å². The minimum absolute atomic E-state index is 0.0199. The van der Waals surface area contributed by atoms with Gasteiger partial charge in [0.1, 0.15) is 17.8 Å². The summed E-state index contributed by atoms with van der Waals surface area (Å²) in [5.74, 6) is 0.412. The number of likely N-dealkylation sites (tertiary alicyclic amines) is 1. The minimum atomic E-state index is -1.15. The van der Waals surface area contributed by atoms with Crippen molar-refractivity contribution in [1.29, 1.82) is 0 Å². The largest absolute Gasteiger partial charge is 0.487 e. The second-order valence-corrected chi connectivity index (χ2v) is 7.99. The van der Waals surface area contributed by atoms with Crippen LogP contribution in [0.4, 0.5) is 4.79 Å². The first-order chi connectivity index (χ1) is 12.2. The second-order valence-electron chi connectivity index (χ2n) is 7.63. The lowest BCUT2D eigenvalue weighted by atomic mass is 10.1. The van der Waals surface area contributed by atoms with E-state index in [1.165, 1.54) is 4.90 Å². The Morgan fingerprint density at radius 2 is 2.12 bits per heavy atom. The van der Waals surface area contributed by atoms with Crippen LogP contribution in [0.5, 0.6) is 5.75 Å². The Morgan fingerprint density at radius 1 is 1.38 bits per heavy atom. The lowest BCUT2D eigenvalue weighted by molar-refractivity contribution is -0.00554. The summed E-state index contributed by atoms with van der Waals surface area (Å²) in [6.45, 7) is 6.02. The fourth-order valence-electron chi connectivity index (χ4n) is 2.84. The van der Waals surface area contributed by atoms with E-state index in [1.54, 1.807) is 6.07 Å². The minimum Gasteiger partial charge on any atom is -0.487 e. The number of ether oxygens (including phenoxy) is 2. The number of para-hydroxylation sites is 1. The molecule has 0 radical (unpaired) electrons. The number of hydrogen-bond acceptors (Lipinski definition) is 5. The second kappa shape index (κ2) is 6.93. The Balaban J connectivity index is 1.65. The van der Waals surface area contributed by atoms with Gasteiger partial charge in [-0.05, 0) is 39.3 Å². The van der Waals surface area contributed by atoms with Gasteiger partial charge in [-0.3, -0.25) is 0 Å². The van der Waals surface area contributed by atoms with Crippen LogP contribution in [-0.2, 0) is 4.74 Å². The van der Waals surface area contributed by atoms with E-state index in [9.17, 15) is 9.90 Å². The molecule has 0 aliphatic carbocycles. The number of halogens is 1. The maximum atomic E-state index is 12.1. The lowest BCUT2D eigenvalue weighted by Gasteiger charge is -2.26. The molecular formula is C19H23ClN2O4. The number of rotatable bonds is 3. The molecule has 3 rings (SSSR count). The van der Waals surface area contributed by atoms with Gasteiger partial charge >= 0.3 is 6.09 Å². The first-order valence-corrected chi connectivity index (χ1v) is 8.91. The number of pyridine rings is 1. The molecule has 1 aromatic carbocycles. The standard InChI is InChI=1S/C19H23ClN2O4/c1-18(2,3)26-17(23)22-9-8-19(24,11-22)12-25-15-10-13-6-4-5-7-14(13)21-16(15)20/h4-7,10,24H,8-9,11-12H2,1-3H3. The molecular weight excluding hydrogens is 356 g/mol. The molecule has 0 saturated carbocycles. The smallest absolute Gasteiger partial charge is 0.410 e. The fourth-order valence-corrected chi connectivity index (χ4v) is 3.04. The van der Waals surface area contributed by atoms with E-state index in [1.807, 2.05) is 45.0 Å². The number of aromatic nitrogens is 1. The van der Waals surface area contributed by atoms with Gasteiger partial charge in [0.05, 0.1) is 12.1 Å². The summed E-state index contributed by atoms with van der Waals surface area (Å²) in [5, 5.41) is 11.9. The van der Waals surface area contributed by atoms with Gasteiger partial charge in [-0.15, -0.1) is 0 Å². The molecule has 1 amide bonds. The molecule has 140 valence electrons. The Bertz CT molecular complexity index is 821. The maximum absolute atomic E-state index is 12.1. The Kier molecular flexibility index (Phi) is 4.99. The fraction of sp³-hybridized carbons (Fsp3) is 0.474. The first kappa shape index (κ1) is 18.7. The lowest BCUT2D eigenvalue weighted by Crippen LogP contribution is -2.42. The molecule has 0 bridgehead atoms. The Labute approximate surface area is 157 Å². The highest BCUT2D eigenvalue weighted by molar-refractivity contribution is 6.31. The van der Waals surface area contributed by atoms with Crippen molar-refractivity contribution in [3.63, 3.8) is 0 Å². The van der Waals surface area contributed by atoms with Crippen LogP contribution in [0.25, 0.3) is 10.9 Å². The third-order valence-corrected chi connectivity index (χ3v) is 4.40. The van der Waals surface area contributed by atoms with Gasteiger partial charge in [0.2, 0.25) is 0 Å². The van der Waals surface area contributed by atoms with Crippen molar-refractivity contribution in [1.82, 2.24) is 9.88 Å². The van der Waals surface area contributed by atoms with Crippen LogP contribution < -0.4 is 4.74 Å². The summed E-state index contributed by atoms with van der Waals surface area (Å²) in [7, 11) is 0. The molecule has 1 aliphatic rings. The van der Waals surface area contributed by atoms with Crippen LogP contribution >= 0.6 is 11.6 Å². The van der Waals surface area contributed by atoms with E-state index in [4.69, 9.17) is 21.1 Å². The van der Waals surface area contributed by atoms with E-state index in [2.05, 4.69) is 4.98 Å². The van der Waals surface area contributed by atoms with Crippen molar-refractivity contribution in [2.75, 3.05) is 19.7 Å². The summed E-state index contributed by atoms with van der Waals surface area (Å²) >= 11 is 6.18. The SMILES string of the molecule is CC(C)(C)OC(=O)N1CCC(O)(COc2cc3ccccc3nc2Cl)C1. The van der Waals surface area contributed by atoms with Gasteiger partial charge in [0.25, 0.3) is 0 Å². The zero-order chi connectivity index (χ0) is 18.9. The third kappa shape index (κ3) is 4.37. The summed E-state index contributed by atoms with van der Waals surface area (Å²) < 4.78 is 11.1. The van der Waals surface area contributed by atoms with Crippen molar-refractivity contribution in [3.8, 4) is 5.75 Å². The molecule has 1 unspecified atom stereocenters. The Hall–Kier alpha value is -2.05. The molecule has 1 saturated heterocycles. The highest BCUT2D eigenvalue weighted by Crippen LogP contribution is 2.29. The van der Waals surface area contributed by atoms with Crippen molar-refractivity contribution in [2.45, 2.75) is 38.4 Å². The highest BCUT2D eigenvalue weighted by atomic mass is 35.5. The van der Waals surface area contributed by atoms with Crippen LogP contribution in [-0.4, -0.2) is 52.0 Å². The number of carbonyl (C=O) groups is 1. The maximum Gasteiger partial charge on any atom is 0.410 e. The van der Waals surface area contributed by atoms with E-state index >= 15 is 0 Å². The molecule has 1 aliphatic heterocycles. The van der Waals surface area contributed by atoms with Crippen LogP contribution in [0, 0.1) is 0 Å². The molecule has 1 fully saturated rings. The average molecular weight is 379 g/mol. The molecule has 7 heteroatoms. The van der Waals surface area contributed by atoms with E-state index in [0.717, 1.165) is 10.9 Å². The van der Waals surface area contributed by atoms with E-state index < -0.39 is 17.3 Å². The molecule has 1 N–H and O–H groups in total. The zero-order valence-electron chi connectivity index (χ0n) is 15.2. The van der Waals surface area contributed by atoms with Crippen LogP contribution in [0.15, 0.2) is 30.3 Å². The van der Waals surface area contributed by atoms with E-state index in [0.29, 0.717) is 18.7 Å². The molecule has 0 spiro atoms. The monoisotopic (exact) mass is 378 g/mol. The van der Waals surface area contributed by atoms with Gasteiger partial charge in [-0.1, -0.05) is 29.8 Å². The number of aliphatic hydroxyl groups is 1. The Morgan fingerprint density at radius 3 is 2.85 bits per heavy atom. The van der Waals surface area contributed by atoms with E-state index in [-0.39, 0.29) is 18.3 Å². The highest BCUT2D eigenvalue weighted by Gasteiger charge is 2.40. The number of nitrogens with zero attached hydrogens (tertiary/aromatic N) is 2. The van der Waals surface area contributed by atoms with Crippen molar-refractivity contribution >= 4 is 28.6 Å². The van der Waals surface area contributed by atoms with Gasteiger partial charge < -0.3 is 19.5 Å². The van der Waals surface area contributed by atoms with Crippen LogP contribution in [0.3, 0.4) is 0 Å². The van der Waals surface area contributed by atoms with Crippen LogP contribution in [0.1, 0.15) is 27.2 Å². The number of β-amino-alcohol motifs (C(OH)–C–C–N with tert-alkyl or cyclic N) is 1. The van der Waals surface area contributed by atoms with Crippen molar-refractivity contribution in [2.24, 2.45) is 0 Å². The van der Waals surface area contributed by atoms with Crippen LogP contribution in [0.2, 0.25) is 5.15 Å². The van der Waals surface area contributed by atoms with Gasteiger partial charge in [0, 0.05) is 11.9 Å². The van der Waals surface area contributed by atoms with Crippen molar-refractivity contribution in [3.05, 3.63) is 35.5 Å². The molecule has 6 nitrogen and oxygen atoms in total. The summed E-state index contributed by atoms with van der Waals surface area (Å²) in [4.78, 5) is 17.9. The predicted octanol–water partition coefficient (Wildman–Crippen LogP) is 3.64. The van der Waals surface area contributed by atoms with Gasteiger partial charge in [-0.2, -0.15) is 0 Å². The molecule has 1 aromatic heterocycles. The molecule has 1 atom stereocenters. The number of fused-ring (bicyclic) bond motifs is 1. The summed E-state index contributed by atoms with van der Waals surface area (Å²) in [5.41, 5.74) is -0.940. The number of amides is 1. The number of benzene rings is 1. The predicted molar refractivity (Wildman–Crippen MR) is 99.6 cm³/mol. The number of carbonyl (C=O) groups excluding carboxylic acids is 1. The normalized spacial score (nSPS) is 20.4. The number of hydrogen-bond donors (Lipinski definition) is 1. The summed E-state index contributed by atoms with van der Waals surface area (Å²) in [6, 6.07) is 9.38. The summed E-state index contributed by atoms with van der Waals surface area (Å²) in [6.07, 6.45) is -0.0240. The molecule has 2 heterocycles.